The summed E-state index contributed by atoms with van der Waals surface area (Å²) in [6.07, 6.45) is 1.06. The van der Waals surface area contributed by atoms with E-state index < -0.39 is 21.6 Å². The smallest absolute Gasteiger partial charge is 0.365 e. The van der Waals surface area contributed by atoms with Crippen molar-refractivity contribution in [1.82, 2.24) is 0 Å². The second-order valence-electron chi connectivity index (χ2n) is 3.54. The zero-order chi connectivity index (χ0) is 13.2. The molecule has 0 heterocycles. The van der Waals surface area contributed by atoms with Gasteiger partial charge in [0.05, 0.1) is 4.90 Å². The molecule has 0 aliphatic rings. The molecule has 1 aromatic carbocycles. The van der Waals surface area contributed by atoms with Gasteiger partial charge in [-0.3, -0.25) is 0 Å². The third kappa shape index (κ3) is 3.13. The van der Waals surface area contributed by atoms with Gasteiger partial charge in [0.2, 0.25) is 5.83 Å². The average Bonchev–Trinajstić information content (AvgIpc) is 2.26. The van der Waals surface area contributed by atoms with E-state index in [0.717, 1.165) is 6.26 Å². The molecule has 0 saturated heterocycles. The lowest BCUT2D eigenvalue weighted by Crippen LogP contribution is -1.99. The minimum Gasteiger partial charge on any atom is -0.476 e. The highest BCUT2D eigenvalue weighted by atomic mass is 32.2. The van der Waals surface area contributed by atoms with E-state index in [1.807, 2.05) is 0 Å². The molecule has 1 N–H and O–H groups in total. The van der Waals surface area contributed by atoms with E-state index in [2.05, 4.69) is 0 Å². The van der Waals surface area contributed by atoms with Crippen LogP contribution in [0.2, 0.25) is 0 Å². The van der Waals surface area contributed by atoms with Gasteiger partial charge in [-0.1, -0.05) is 12.1 Å². The van der Waals surface area contributed by atoms with Gasteiger partial charge in [-0.05, 0) is 30.2 Å². The van der Waals surface area contributed by atoms with Crippen molar-refractivity contribution in [1.29, 1.82) is 0 Å². The maximum atomic E-state index is 13.1. The molecule has 0 unspecified atom stereocenters. The second kappa shape index (κ2) is 4.67. The standard InChI is InChI=1S/C11H11FO4S/c1-7(10(12)11(13)14)8-3-5-9(6-4-8)17(2,15)16/h3-6H,1-2H3,(H,13,14). The van der Waals surface area contributed by atoms with Gasteiger partial charge in [-0.25, -0.2) is 13.2 Å². The Bertz CT molecular complexity index is 570. The van der Waals surface area contributed by atoms with Crippen molar-refractivity contribution in [2.45, 2.75) is 11.8 Å². The summed E-state index contributed by atoms with van der Waals surface area (Å²) in [5, 5.41) is 8.47. The van der Waals surface area contributed by atoms with Crippen molar-refractivity contribution in [2.75, 3.05) is 6.26 Å². The van der Waals surface area contributed by atoms with Gasteiger partial charge < -0.3 is 5.11 Å². The number of hydrogen-bond acceptors (Lipinski definition) is 3. The normalized spacial score (nSPS) is 13.1. The number of rotatable bonds is 3. The molecule has 0 spiro atoms. The Morgan fingerprint density at radius 2 is 1.71 bits per heavy atom. The lowest BCUT2D eigenvalue weighted by molar-refractivity contribution is -0.134. The monoisotopic (exact) mass is 258 g/mol. The van der Waals surface area contributed by atoms with Crippen molar-refractivity contribution < 1.29 is 22.7 Å². The van der Waals surface area contributed by atoms with Crippen LogP contribution >= 0.6 is 0 Å². The summed E-state index contributed by atoms with van der Waals surface area (Å²) in [5.41, 5.74) is 0.287. The predicted molar refractivity (Wildman–Crippen MR) is 60.9 cm³/mol. The Kier molecular flexibility index (Phi) is 3.67. The summed E-state index contributed by atoms with van der Waals surface area (Å²) in [7, 11) is -3.31. The highest BCUT2D eigenvalue weighted by molar-refractivity contribution is 7.90. The number of carbonyl (C=O) groups is 1. The maximum Gasteiger partial charge on any atom is 0.365 e. The highest BCUT2D eigenvalue weighted by Gasteiger charge is 2.13. The van der Waals surface area contributed by atoms with E-state index in [1.165, 1.54) is 31.2 Å². The number of carboxylic acids is 1. The largest absolute Gasteiger partial charge is 0.476 e. The van der Waals surface area contributed by atoms with Crippen LogP contribution in [0.4, 0.5) is 4.39 Å². The topological polar surface area (TPSA) is 71.4 Å². The minimum atomic E-state index is -3.31. The molecule has 6 heteroatoms. The lowest BCUT2D eigenvalue weighted by Gasteiger charge is -2.03. The van der Waals surface area contributed by atoms with Gasteiger partial charge in [0.1, 0.15) is 0 Å². The van der Waals surface area contributed by atoms with E-state index in [1.54, 1.807) is 0 Å². The van der Waals surface area contributed by atoms with E-state index in [0.29, 0.717) is 5.56 Å². The van der Waals surface area contributed by atoms with Gasteiger partial charge in [0.15, 0.2) is 9.84 Å². The third-order valence-electron chi connectivity index (χ3n) is 2.23. The number of sulfone groups is 1. The summed E-state index contributed by atoms with van der Waals surface area (Å²) in [5.74, 6) is -2.90. The van der Waals surface area contributed by atoms with E-state index in [4.69, 9.17) is 5.11 Å². The average molecular weight is 258 g/mol. The summed E-state index contributed by atoms with van der Waals surface area (Å²) in [4.78, 5) is 10.5. The fourth-order valence-corrected chi connectivity index (χ4v) is 1.87. The Labute approximate surface area is 98.3 Å². The van der Waals surface area contributed by atoms with Crippen molar-refractivity contribution in [3.63, 3.8) is 0 Å². The zero-order valence-corrected chi connectivity index (χ0v) is 10.1. The van der Waals surface area contributed by atoms with Crippen LogP contribution < -0.4 is 0 Å². The predicted octanol–water partition coefficient (Wildman–Crippen LogP) is 1.88. The molecule has 0 amide bonds. The van der Waals surface area contributed by atoms with Crippen LogP contribution in [-0.4, -0.2) is 25.7 Å². The molecule has 17 heavy (non-hydrogen) atoms. The van der Waals surface area contributed by atoms with Crippen LogP contribution in [0.5, 0.6) is 0 Å². The van der Waals surface area contributed by atoms with E-state index >= 15 is 0 Å². The fraction of sp³-hybridized carbons (Fsp3) is 0.182. The summed E-state index contributed by atoms with van der Waals surface area (Å²) in [6, 6.07) is 5.36. The first kappa shape index (κ1) is 13.4. The van der Waals surface area contributed by atoms with Crippen LogP contribution in [0.1, 0.15) is 12.5 Å². The van der Waals surface area contributed by atoms with Crippen LogP contribution in [-0.2, 0) is 14.6 Å². The van der Waals surface area contributed by atoms with Crippen LogP contribution in [0.3, 0.4) is 0 Å². The van der Waals surface area contributed by atoms with Crippen LogP contribution in [0, 0.1) is 0 Å². The Morgan fingerprint density at radius 3 is 2.06 bits per heavy atom. The molecule has 0 atom stereocenters. The Morgan fingerprint density at radius 1 is 1.24 bits per heavy atom. The van der Waals surface area contributed by atoms with E-state index in [-0.39, 0.29) is 10.5 Å². The first-order valence-corrected chi connectivity index (χ1v) is 6.53. The van der Waals surface area contributed by atoms with Crippen LogP contribution in [0.25, 0.3) is 5.57 Å². The van der Waals surface area contributed by atoms with Crippen molar-refractivity contribution in [3.8, 4) is 0 Å². The van der Waals surface area contributed by atoms with Gasteiger partial charge in [-0.15, -0.1) is 0 Å². The zero-order valence-electron chi connectivity index (χ0n) is 9.27. The summed E-state index contributed by atoms with van der Waals surface area (Å²) < 4.78 is 35.5. The molecule has 0 fully saturated rings. The number of halogens is 1. The van der Waals surface area contributed by atoms with Crippen molar-refractivity contribution in [2.24, 2.45) is 0 Å². The van der Waals surface area contributed by atoms with Gasteiger partial charge in [-0.2, -0.15) is 4.39 Å². The molecule has 0 aromatic heterocycles. The SMILES string of the molecule is CC(=C(F)C(=O)O)c1ccc(S(C)(=O)=O)cc1. The first-order valence-electron chi connectivity index (χ1n) is 4.63. The van der Waals surface area contributed by atoms with Gasteiger partial charge in [0, 0.05) is 6.26 Å². The molecule has 92 valence electrons. The van der Waals surface area contributed by atoms with Crippen molar-refractivity contribution >= 4 is 21.4 Å². The molecule has 0 bridgehead atoms. The minimum absolute atomic E-state index is 0.0439. The molecule has 4 nitrogen and oxygen atoms in total. The summed E-state index contributed by atoms with van der Waals surface area (Å²) in [6.45, 7) is 1.32. The quantitative estimate of drug-likeness (QED) is 0.840. The molecular formula is C11H11FO4S. The molecule has 0 aliphatic heterocycles. The Hall–Kier alpha value is -1.69. The number of hydrogen-bond donors (Lipinski definition) is 1. The molecule has 1 aromatic rings. The van der Waals surface area contributed by atoms with Gasteiger partial charge in [0.25, 0.3) is 0 Å². The lowest BCUT2D eigenvalue weighted by atomic mass is 10.1. The molecular weight excluding hydrogens is 247 g/mol. The third-order valence-corrected chi connectivity index (χ3v) is 3.36. The van der Waals surface area contributed by atoms with Crippen LogP contribution in [0.15, 0.2) is 35.0 Å². The van der Waals surface area contributed by atoms with E-state index in [9.17, 15) is 17.6 Å². The Balaban J connectivity index is 3.21. The number of aliphatic carboxylic acids is 1. The van der Waals surface area contributed by atoms with Crippen molar-refractivity contribution in [3.05, 3.63) is 35.7 Å². The molecule has 1 rings (SSSR count). The fourth-order valence-electron chi connectivity index (χ4n) is 1.24. The highest BCUT2D eigenvalue weighted by Crippen LogP contribution is 2.21. The molecule has 0 saturated carbocycles. The number of allylic oxidation sites excluding steroid dienone is 1. The maximum absolute atomic E-state index is 13.1. The van der Waals surface area contributed by atoms with Gasteiger partial charge >= 0.3 is 5.97 Å². The number of benzene rings is 1. The molecule has 0 radical (unpaired) electrons. The first-order chi connectivity index (χ1) is 7.73. The summed E-state index contributed by atoms with van der Waals surface area (Å²) >= 11 is 0. The number of carboxylic acid groups (broad SMARTS) is 1. The second-order valence-corrected chi connectivity index (χ2v) is 5.56. The molecule has 0 aliphatic carbocycles.